The molecule has 1 N–H and O–H groups in total. The number of halogens is 2. The van der Waals surface area contributed by atoms with E-state index < -0.39 is 0 Å². The number of hydrogen-bond donors (Lipinski definition) is 1. The van der Waals surface area contributed by atoms with Crippen LogP contribution in [0.2, 0.25) is 0 Å². The van der Waals surface area contributed by atoms with Crippen LogP contribution in [0.4, 0.5) is 0 Å². The summed E-state index contributed by atoms with van der Waals surface area (Å²) in [7, 11) is 1.60. The van der Waals surface area contributed by atoms with E-state index >= 15 is 0 Å². The van der Waals surface area contributed by atoms with E-state index in [-0.39, 0.29) is 6.61 Å². The molecule has 0 saturated carbocycles. The summed E-state index contributed by atoms with van der Waals surface area (Å²) in [6.45, 7) is 4.00. The van der Waals surface area contributed by atoms with Gasteiger partial charge >= 0.3 is 0 Å². The summed E-state index contributed by atoms with van der Waals surface area (Å²) in [4.78, 5) is 0. The van der Waals surface area contributed by atoms with E-state index in [0.29, 0.717) is 16.5 Å². The molecular weight excluding hydrogens is 273 g/mol. The van der Waals surface area contributed by atoms with Gasteiger partial charge in [-0.15, -0.1) is 0 Å². The highest BCUT2D eigenvalue weighted by molar-refractivity contribution is 6.36. The van der Waals surface area contributed by atoms with Crippen LogP contribution in [-0.4, -0.2) is 20.3 Å². The van der Waals surface area contributed by atoms with Crippen molar-refractivity contribution in [3.63, 3.8) is 0 Å². The summed E-state index contributed by atoms with van der Waals surface area (Å²) < 4.78 is 10.8. The molecule has 0 radical (unpaired) electrons. The van der Waals surface area contributed by atoms with Crippen molar-refractivity contribution < 1.29 is 9.47 Å². The number of hydrogen-bond acceptors (Lipinski definition) is 3. The average Bonchev–Trinajstić information content (AvgIpc) is 2.42. The van der Waals surface area contributed by atoms with Gasteiger partial charge < -0.3 is 14.8 Å². The highest BCUT2D eigenvalue weighted by atomic mass is 35.5. The summed E-state index contributed by atoms with van der Waals surface area (Å²) in [5.74, 6) is 1.33. The zero-order valence-corrected chi connectivity index (χ0v) is 12.0. The quantitative estimate of drug-likeness (QED) is 0.833. The van der Waals surface area contributed by atoms with Gasteiger partial charge in [-0.05, 0) is 24.2 Å². The molecule has 100 valence electrons. The van der Waals surface area contributed by atoms with Gasteiger partial charge in [0.25, 0.3) is 0 Å². The fraction of sp³-hybridized carbons (Fsp3) is 0.385. The Kier molecular flexibility index (Phi) is 6.94. The Morgan fingerprint density at radius 3 is 2.78 bits per heavy atom. The van der Waals surface area contributed by atoms with E-state index in [2.05, 4.69) is 12.2 Å². The van der Waals surface area contributed by atoms with E-state index in [9.17, 15) is 0 Å². The summed E-state index contributed by atoms with van der Waals surface area (Å²) in [6, 6.07) is 5.80. The van der Waals surface area contributed by atoms with Gasteiger partial charge in [0.15, 0.2) is 11.5 Å². The topological polar surface area (TPSA) is 30.5 Å². The van der Waals surface area contributed by atoms with Crippen molar-refractivity contribution in [2.24, 2.45) is 0 Å². The molecule has 0 aliphatic heterocycles. The maximum atomic E-state index is 5.79. The van der Waals surface area contributed by atoms with Crippen molar-refractivity contribution in [3.05, 3.63) is 34.3 Å². The average molecular weight is 290 g/mol. The molecule has 0 saturated heterocycles. The van der Waals surface area contributed by atoms with E-state index in [0.717, 1.165) is 18.7 Å². The normalized spacial score (nSPS) is 11.4. The number of nitrogens with one attached hydrogen (secondary N) is 1. The summed E-state index contributed by atoms with van der Waals surface area (Å²) in [5, 5.41) is 3.69. The lowest BCUT2D eigenvalue weighted by atomic mass is 10.2. The van der Waals surface area contributed by atoms with Crippen molar-refractivity contribution in [2.75, 3.05) is 20.3 Å². The number of benzene rings is 1. The van der Waals surface area contributed by atoms with Gasteiger partial charge in [-0.3, -0.25) is 0 Å². The smallest absolute Gasteiger partial charge is 0.162 e. The van der Waals surface area contributed by atoms with Gasteiger partial charge in [0.2, 0.25) is 0 Å². The van der Waals surface area contributed by atoms with Gasteiger partial charge in [-0.25, -0.2) is 0 Å². The zero-order valence-electron chi connectivity index (χ0n) is 10.5. The van der Waals surface area contributed by atoms with Crippen molar-refractivity contribution in [3.8, 4) is 11.5 Å². The molecule has 1 aromatic carbocycles. The molecule has 1 aromatic rings. The highest BCUT2D eigenvalue weighted by Crippen LogP contribution is 2.28. The molecule has 0 heterocycles. The molecular formula is C13H17Cl2NO2. The van der Waals surface area contributed by atoms with Crippen LogP contribution in [0.3, 0.4) is 0 Å². The minimum absolute atomic E-state index is 0.228. The van der Waals surface area contributed by atoms with Gasteiger partial charge in [-0.1, -0.05) is 36.2 Å². The van der Waals surface area contributed by atoms with Crippen LogP contribution in [0.5, 0.6) is 11.5 Å². The Morgan fingerprint density at radius 1 is 1.39 bits per heavy atom. The molecule has 3 nitrogen and oxygen atoms in total. The highest BCUT2D eigenvalue weighted by Gasteiger charge is 2.06. The maximum Gasteiger partial charge on any atom is 0.162 e. The fourth-order valence-corrected chi connectivity index (χ4v) is 1.51. The second kappa shape index (κ2) is 8.25. The summed E-state index contributed by atoms with van der Waals surface area (Å²) in [6.07, 6.45) is 0. The molecule has 0 amide bonds. The maximum absolute atomic E-state index is 5.79. The first-order valence-electron chi connectivity index (χ1n) is 5.66. The van der Waals surface area contributed by atoms with Crippen LogP contribution >= 0.6 is 23.2 Å². The first-order valence-corrected chi connectivity index (χ1v) is 6.47. The minimum Gasteiger partial charge on any atom is -0.493 e. The second-order valence-electron chi connectivity index (χ2n) is 3.61. The van der Waals surface area contributed by atoms with Gasteiger partial charge in [0.1, 0.15) is 6.61 Å². The van der Waals surface area contributed by atoms with Crippen LogP contribution in [0.15, 0.2) is 28.8 Å². The van der Waals surface area contributed by atoms with E-state index in [1.807, 2.05) is 18.2 Å². The van der Waals surface area contributed by atoms with Crippen LogP contribution in [0, 0.1) is 0 Å². The van der Waals surface area contributed by atoms with Crippen LogP contribution in [-0.2, 0) is 6.54 Å². The minimum atomic E-state index is 0.228. The van der Waals surface area contributed by atoms with E-state index in [1.54, 1.807) is 7.11 Å². The summed E-state index contributed by atoms with van der Waals surface area (Å²) in [5.41, 5.74) is 2.41. The SMILES string of the molecule is CCNCc1ccc(OC)c(OCC(Cl)=CCl)c1. The lowest BCUT2D eigenvalue weighted by Crippen LogP contribution is -2.11. The van der Waals surface area contributed by atoms with Crippen molar-refractivity contribution in [1.29, 1.82) is 0 Å². The molecule has 1 rings (SSSR count). The molecule has 18 heavy (non-hydrogen) atoms. The summed E-state index contributed by atoms with van der Waals surface area (Å²) >= 11 is 11.3. The molecule has 0 spiro atoms. The molecule has 5 heteroatoms. The Morgan fingerprint density at radius 2 is 2.17 bits per heavy atom. The Hall–Kier alpha value is -0.900. The lowest BCUT2D eigenvalue weighted by molar-refractivity contribution is 0.323. The Balaban J connectivity index is 2.78. The van der Waals surface area contributed by atoms with Crippen molar-refractivity contribution >= 4 is 23.2 Å². The molecule has 0 unspecified atom stereocenters. The molecule has 0 aromatic heterocycles. The van der Waals surface area contributed by atoms with Gasteiger partial charge in [0.05, 0.1) is 12.1 Å². The standard InChI is InChI=1S/C13H17Cl2NO2/c1-3-16-8-10-4-5-12(17-2)13(6-10)18-9-11(15)7-14/h4-7,16H,3,8-9H2,1-2H3. The largest absolute Gasteiger partial charge is 0.493 e. The van der Waals surface area contributed by atoms with Gasteiger partial charge in [0, 0.05) is 12.1 Å². The van der Waals surface area contributed by atoms with E-state index in [4.69, 9.17) is 32.7 Å². The molecule has 0 fully saturated rings. The predicted molar refractivity (Wildman–Crippen MR) is 75.7 cm³/mol. The number of methoxy groups -OCH3 is 1. The molecule has 0 aliphatic rings. The predicted octanol–water partition coefficient (Wildman–Crippen LogP) is 3.50. The van der Waals surface area contributed by atoms with Crippen LogP contribution in [0.25, 0.3) is 0 Å². The number of ether oxygens (including phenoxy) is 2. The third-order valence-electron chi connectivity index (χ3n) is 2.29. The first-order chi connectivity index (χ1) is 8.71. The van der Waals surface area contributed by atoms with Crippen LogP contribution < -0.4 is 14.8 Å². The van der Waals surface area contributed by atoms with Crippen molar-refractivity contribution in [1.82, 2.24) is 5.32 Å². The third kappa shape index (κ3) is 4.77. The van der Waals surface area contributed by atoms with Crippen molar-refractivity contribution in [2.45, 2.75) is 13.5 Å². The number of rotatable bonds is 7. The zero-order chi connectivity index (χ0) is 13.4. The third-order valence-corrected chi connectivity index (χ3v) is 2.88. The lowest BCUT2D eigenvalue weighted by Gasteiger charge is -2.12. The molecule has 0 atom stereocenters. The first kappa shape index (κ1) is 15.2. The second-order valence-corrected chi connectivity index (χ2v) is 4.31. The van der Waals surface area contributed by atoms with Gasteiger partial charge in [-0.2, -0.15) is 0 Å². The monoisotopic (exact) mass is 289 g/mol. The molecule has 0 aliphatic carbocycles. The van der Waals surface area contributed by atoms with E-state index in [1.165, 1.54) is 5.54 Å². The van der Waals surface area contributed by atoms with Crippen LogP contribution in [0.1, 0.15) is 12.5 Å². The molecule has 0 bridgehead atoms. The Labute approximate surface area is 118 Å². The fourth-order valence-electron chi connectivity index (χ4n) is 1.39. The Bertz CT molecular complexity index is 408.